The summed E-state index contributed by atoms with van der Waals surface area (Å²) in [7, 11) is 1.62. The summed E-state index contributed by atoms with van der Waals surface area (Å²) in [6.45, 7) is 0.681. The second-order valence-electron chi connectivity index (χ2n) is 5.65. The standard InChI is InChI=1S/C18H16ClFN4O/c1-23(10-15-16(19)3-2-4-17(15)20)18(25)14-7-5-13(6-8-14)9-24-12-21-11-22-24/h2-8,11-12H,9-10H2,1H3. The Morgan fingerprint density at radius 2 is 2.00 bits per heavy atom. The van der Waals surface area contributed by atoms with Gasteiger partial charge < -0.3 is 4.90 Å². The molecule has 1 heterocycles. The molecule has 0 saturated heterocycles. The van der Waals surface area contributed by atoms with Crippen LogP contribution < -0.4 is 0 Å². The van der Waals surface area contributed by atoms with Gasteiger partial charge in [-0.25, -0.2) is 14.1 Å². The van der Waals surface area contributed by atoms with Gasteiger partial charge in [0.25, 0.3) is 5.91 Å². The van der Waals surface area contributed by atoms with Gasteiger partial charge >= 0.3 is 0 Å². The van der Waals surface area contributed by atoms with Crippen molar-refractivity contribution >= 4 is 17.5 Å². The van der Waals surface area contributed by atoms with E-state index in [4.69, 9.17) is 11.6 Å². The maximum absolute atomic E-state index is 13.9. The predicted molar refractivity (Wildman–Crippen MR) is 92.8 cm³/mol. The normalized spacial score (nSPS) is 10.7. The van der Waals surface area contributed by atoms with E-state index in [1.165, 1.54) is 23.4 Å². The molecule has 0 spiro atoms. The minimum absolute atomic E-state index is 0.102. The van der Waals surface area contributed by atoms with Crippen LogP contribution in [0.1, 0.15) is 21.5 Å². The first-order valence-corrected chi connectivity index (χ1v) is 8.02. The monoisotopic (exact) mass is 358 g/mol. The summed E-state index contributed by atoms with van der Waals surface area (Å²) in [5, 5.41) is 4.35. The van der Waals surface area contributed by atoms with Crippen molar-refractivity contribution in [1.82, 2.24) is 19.7 Å². The van der Waals surface area contributed by atoms with E-state index in [-0.39, 0.29) is 12.5 Å². The van der Waals surface area contributed by atoms with Crippen LogP contribution in [0.2, 0.25) is 5.02 Å². The molecule has 0 unspecified atom stereocenters. The number of hydrogen-bond acceptors (Lipinski definition) is 3. The van der Waals surface area contributed by atoms with Gasteiger partial charge in [-0.15, -0.1) is 0 Å². The van der Waals surface area contributed by atoms with E-state index in [1.54, 1.807) is 36.3 Å². The first-order chi connectivity index (χ1) is 12.0. The van der Waals surface area contributed by atoms with Crippen molar-refractivity contribution in [3.63, 3.8) is 0 Å². The molecule has 3 aromatic rings. The molecule has 0 bridgehead atoms. The fraction of sp³-hybridized carbons (Fsp3) is 0.167. The van der Waals surface area contributed by atoms with Crippen molar-refractivity contribution in [1.29, 1.82) is 0 Å². The SMILES string of the molecule is CN(Cc1c(F)cccc1Cl)C(=O)c1ccc(Cn2cncn2)cc1. The summed E-state index contributed by atoms with van der Waals surface area (Å²) in [5.41, 5.74) is 1.84. The van der Waals surface area contributed by atoms with E-state index < -0.39 is 5.82 Å². The highest BCUT2D eigenvalue weighted by atomic mass is 35.5. The number of carbonyl (C=O) groups is 1. The Morgan fingerprint density at radius 3 is 2.64 bits per heavy atom. The number of halogens is 2. The molecular formula is C18H16ClFN4O. The summed E-state index contributed by atoms with van der Waals surface area (Å²) < 4.78 is 15.6. The summed E-state index contributed by atoms with van der Waals surface area (Å²) in [6.07, 6.45) is 3.10. The summed E-state index contributed by atoms with van der Waals surface area (Å²) in [6, 6.07) is 11.7. The summed E-state index contributed by atoms with van der Waals surface area (Å²) >= 11 is 6.02. The van der Waals surface area contributed by atoms with Crippen LogP contribution in [0.5, 0.6) is 0 Å². The molecule has 0 saturated carbocycles. The van der Waals surface area contributed by atoms with Gasteiger partial charge in [0.05, 0.1) is 6.54 Å². The molecule has 0 N–H and O–H groups in total. The molecule has 3 rings (SSSR count). The zero-order valence-corrected chi connectivity index (χ0v) is 14.3. The van der Waals surface area contributed by atoms with Gasteiger partial charge in [0.15, 0.2) is 0 Å². The topological polar surface area (TPSA) is 51.0 Å². The lowest BCUT2D eigenvalue weighted by atomic mass is 10.1. The lowest BCUT2D eigenvalue weighted by molar-refractivity contribution is 0.0784. The number of amides is 1. The number of nitrogens with zero attached hydrogens (tertiary/aromatic N) is 4. The summed E-state index contributed by atoms with van der Waals surface area (Å²) in [4.78, 5) is 17.9. The number of rotatable bonds is 5. The number of benzene rings is 2. The van der Waals surface area contributed by atoms with Gasteiger partial charge in [0.1, 0.15) is 18.5 Å². The molecule has 5 nitrogen and oxygen atoms in total. The lowest BCUT2D eigenvalue weighted by Crippen LogP contribution is -2.26. The average molecular weight is 359 g/mol. The van der Waals surface area contributed by atoms with Crippen LogP contribution in [0.4, 0.5) is 4.39 Å². The number of carbonyl (C=O) groups excluding carboxylic acids is 1. The van der Waals surface area contributed by atoms with Crippen LogP contribution in [-0.4, -0.2) is 32.6 Å². The Bertz CT molecular complexity index is 845. The van der Waals surface area contributed by atoms with Crippen molar-refractivity contribution in [2.24, 2.45) is 0 Å². The van der Waals surface area contributed by atoms with Crippen molar-refractivity contribution in [2.45, 2.75) is 13.1 Å². The maximum atomic E-state index is 13.9. The van der Waals surface area contributed by atoms with Crippen LogP contribution in [0.15, 0.2) is 55.1 Å². The third-order valence-electron chi connectivity index (χ3n) is 3.82. The summed E-state index contributed by atoms with van der Waals surface area (Å²) in [5.74, 6) is -0.623. The van der Waals surface area contributed by atoms with Gasteiger partial charge in [0.2, 0.25) is 0 Å². The first kappa shape index (κ1) is 17.1. The predicted octanol–water partition coefficient (Wildman–Crippen LogP) is 3.39. The Kier molecular flexibility index (Phi) is 5.09. The minimum atomic E-state index is -0.421. The van der Waals surface area contributed by atoms with Crippen molar-refractivity contribution in [3.8, 4) is 0 Å². The highest BCUT2D eigenvalue weighted by Crippen LogP contribution is 2.21. The Morgan fingerprint density at radius 1 is 1.24 bits per heavy atom. The molecular weight excluding hydrogens is 343 g/mol. The second-order valence-corrected chi connectivity index (χ2v) is 6.06. The number of aromatic nitrogens is 3. The van der Waals surface area contributed by atoms with Crippen molar-refractivity contribution in [3.05, 3.63) is 82.6 Å². The van der Waals surface area contributed by atoms with E-state index in [2.05, 4.69) is 10.1 Å². The van der Waals surface area contributed by atoms with Crippen LogP contribution in [0, 0.1) is 5.82 Å². The quantitative estimate of drug-likeness (QED) is 0.702. The molecule has 128 valence electrons. The largest absolute Gasteiger partial charge is 0.337 e. The van der Waals surface area contributed by atoms with Crippen LogP contribution in [0.25, 0.3) is 0 Å². The Labute approximate surface area is 149 Å². The van der Waals surface area contributed by atoms with E-state index in [0.29, 0.717) is 22.7 Å². The fourth-order valence-electron chi connectivity index (χ4n) is 2.47. The molecule has 25 heavy (non-hydrogen) atoms. The smallest absolute Gasteiger partial charge is 0.253 e. The van der Waals surface area contributed by atoms with E-state index in [0.717, 1.165) is 5.56 Å². The fourth-order valence-corrected chi connectivity index (χ4v) is 2.69. The Balaban J connectivity index is 1.69. The van der Waals surface area contributed by atoms with Crippen LogP contribution >= 0.6 is 11.6 Å². The molecule has 1 amide bonds. The molecule has 2 aromatic carbocycles. The van der Waals surface area contributed by atoms with E-state index in [9.17, 15) is 9.18 Å². The van der Waals surface area contributed by atoms with Gasteiger partial charge in [-0.05, 0) is 29.8 Å². The van der Waals surface area contributed by atoms with Crippen LogP contribution in [-0.2, 0) is 13.1 Å². The molecule has 0 aliphatic carbocycles. The average Bonchev–Trinajstić information content (AvgIpc) is 3.11. The lowest BCUT2D eigenvalue weighted by Gasteiger charge is -2.18. The van der Waals surface area contributed by atoms with Crippen LogP contribution in [0.3, 0.4) is 0 Å². The second kappa shape index (κ2) is 7.44. The highest BCUT2D eigenvalue weighted by molar-refractivity contribution is 6.31. The molecule has 0 atom stereocenters. The molecule has 0 aliphatic heterocycles. The molecule has 0 aliphatic rings. The third kappa shape index (κ3) is 4.03. The van der Waals surface area contributed by atoms with Gasteiger partial charge in [0, 0.05) is 29.7 Å². The minimum Gasteiger partial charge on any atom is -0.337 e. The van der Waals surface area contributed by atoms with Gasteiger partial charge in [-0.3, -0.25) is 4.79 Å². The molecule has 0 radical (unpaired) electrons. The molecule has 7 heteroatoms. The van der Waals surface area contributed by atoms with Gasteiger partial charge in [-0.2, -0.15) is 5.10 Å². The van der Waals surface area contributed by atoms with Crippen molar-refractivity contribution in [2.75, 3.05) is 7.05 Å². The Hall–Kier alpha value is -2.73. The number of hydrogen-bond donors (Lipinski definition) is 0. The zero-order chi connectivity index (χ0) is 17.8. The first-order valence-electron chi connectivity index (χ1n) is 7.64. The molecule has 0 fully saturated rings. The maximum Gasteiger partial charge on any atom is 0.253 e. The zero-order valence-electron chi connectivity index (χ0n) is 13.6. The van der Waals surface area contributed by atoms with Gasteiger partial charge in [-0.1, -0.05) is 29.8 Å². The third-order valence-corrected chi connectivity index (χ3v) is 4.17. The van der Waals surface area contributed by atoms with E-state index in [1.807, 2.05) is 12.1 Å². The van der Waals surface area contributed by atoms with E-state index >= 15 is 0 Å². The highest BCUT2D eigenvalue weighted by Gasteiger charge is 2.16. The molecule has 1 aromatic heterocycles. The van der Waals surface area contributed by atoms with Crippen molar-refractivity contribution < 1.29 is 9.18 Å².